The lowest BCUT2D eigenvalue weighted by molar-refractivity contribution is 0.0183. The Morgan fingerprint density at radius 2 is 1.78 bits per heavy atom. The van der Waals surface area contributed by atoms with Crippen molar-refractivity contribution in [1.29, 1.82) is 0 Å². The highest BCUT2D eigenvalue weighted by Gasteiger charge is 2.53. The zero-order valence-corrected chi connectivity index (χ0v) is 18.4. The van der Waals surface area contributed by atoms with E-state index in [0.29, 0.717) is 34.3 Å². The molecule has 2 aliphatic rings. The molecule has 2 bridgehead atoms. The quantitative estimate of drug-likeness (QED) is 0.507. The highest BCUT2D eigenvalue weighted by molar-refractivity contribution is 7.80. The standard InChI is InChI=1S/C25H21FN2O3S/c1-25-15-20(18-7-3-6-10-22(18)31-25)27(23(29)19-8-4-5-9-21(19)30-2)24(32)28(25)17-13-11-16(26)12-14-17/h3-14,20H,15H2,1-2H3/t20-,25-/m0/s1. The van der Waals surface area contributed by atoms with Crippen LogP contribution < -0.4 is 14.4 Å². The van der Waals surface area contributed by atoms with Crippen molar-refractivity contribution in [2.24, 2.45) is 0 Å². The molecule has 32 heavy (non-hydrogen) atoms. The van der Waals surface area contributed by atoms with E-state index in [1.807, 2.05) is 37.3 Å². The summed E-state index contributed by atoms with van der Waals surface area (Å²) >= 11 is 5.89. The van der Waals surface area contributed by atoms with Gasteiger partial charge in [0, 0.05) is 17.7 Å². The number of fused-ring (bicyclic) bond motifs is 4. The minimum atomic E-state index is -0.842. The van der Waals surface area contributed by atoms with E-state index >= 15 is 0 Å². The minimum Gasteiger partial charge on any atom is -0.496 e. The van der Waals surface area contributed by atoms with Crippen LogP contribution in [0.1, 0.15) is 35.3 Å². The number of thiocarbonyl (C=S) groups is 1. The Hall–Kier alpha value is -3.45. The highest BCUT2D eigenvalue weighted by Crippen LogP contribution is 2.50. The van der Waals surface area contributed by atoms with Crippen LogP contribution >= 0.6 is 12.2 Å². The van der Waals surface area contributed by atoms with Crippen LogP contribution in [-0.2, 0) is 0 Å². The first-order valence-electron chi connectivity index (χ1n) is 10.3. The minimum absolute atomic E-state index is 0.261. The average Bonchev–Trinajstić information content (AvgIpc) is 2.79. The van der Waals surface area contributed by atoms with Gasteiger partial charge in [-0.05, 0) is 61.6 Å². The van der Waals surface area contributed by atoms with Gasteiger partial charge < -0.3 is 9.47 Å². The first-order chi connectivity index (χ1) is 15.4. The van der Waals surface area contributed by atoms with E-state index in [-0.39, 0.29) is 17.8 Å². The van der Waals surface area contributed by atoms with Gasteiger partial charge >= 0.3 is 0 Å². The lowest BCUT2D eigenvalue weighted by Crippen LogP contribution is -2.67. The van der Waals surface area contributed by atoms with E-state index < -0.39 is 5.72 Å². The van der Waals surface area contributed by atoms with Crippen molar-refractivity contribution in [2.75, 3.05) is 12.0 Å². The van der Waals surface area contributed by atoms with E-state index in [1.165, 1.54) is 19.2 Å². The number of hydrogen-bond acceptors (Lipinski definition) is 4. The molecule has 2 atom stereocenters. The number of ether oxygens (including phenoxy) is 2. The third-order valence-corrected chi connectivity index (χ3v) is 6.38. The molecular weight excluding hydrogens is 427 g/mol. The Bertz CT molecular complexity index is 1220. The monoisotopic (exact) mass is 448 g/mol. The second kappa shape index (κ2) is 7.60. The molecule has 0 aromatic heterocycles. The number of amides is 1. The predicted octanol–water partition coefficient (Wildman–Crippen LogP) is 5.32. The van der Waals surface area contributed by atoms with Gasteiger partial charge in [-0.2, -0.15) is 0 Å². The number of rotatable bonds is 3. The molecule has 0 radical (unpaired) electrons. The molecular formula is C25H21FN2O3S. The fourth-order valence-corrected chi connectivity index (χ4v) is 5.07. The van der Waals surface area contributed by atoms with Crippen LogP contribution in [0.2, 0.25) is 0 Å². The molecule has 3 aromatic carbocycles. The summed E-state index contributed by atoms with van der Waals surface area (Å²) in [5, 5.41) is 0.292. The average molecular weight is 449 g/mol. The Morgan fingerprint density at radius 3 is 2.53 bits per heavy atom. The normalized spacial score (nSPS) is 21.6. The molecule has 1 saturated heterocycles. The maximum Gasteiger partial charge on any atom is 0.264 e. The fourth-order valence-electron chi connectivity index (χ4n) is 4.56. The van der Waals surface area contributed by atoms with Gasteiger partial charge in [0.15, 0.2) is 10.8 Å². The molecule has 0 N–H and O–H groups in total. The summed E-state index contributed by atoms with van der Waals surface area (Å²) in [6, 6.07) is 20.5. The number of carbonyl (C=O) groups excluding carboxylic acids is 1. The van der Waals surface area contributed by atoms with E-state index in [4.69, 9.17) is 21.7 Å². The molecule has 3 aromatic rings. The van der Waals surface area contributed by atoms with Gasteiger partial charge in [0.2, 0.25) is 0 Å². The number of methoxy groups -OCH3 is 1. The number of hydrogen-bond donors (Lipinski definition) is 0. The van der Waals surface area contributed by atoms with E-state index in [9.17, 15) is 9.18 Å². The van der Waals surface area contributed by atoms with Crippen LogP contribution in [0.4, 0.5) is 10.1 Å². The molecule has 2 aliphatic heterocycles. The van der Waals surface area contributed by atoms with Gasteiger partial charge in [0.25, 0.3) is 5.91 Å². The second-order valence-electron chi connectivity index (χ2n) is 8.00. The van der Waals surface area contributed by atoms with E-state index in [0.717, 1.165) is 5.56 Å². The van der Waals surface area contributed by atoms with Crippen LogP contribution in [0.25, 0.3) is 0 Å². The third kappa shape index (κ3) is 3.12. The molecule has 5 rings (SSSR count). The first-order valence-corrected chi connectivity index (χ1v) is 10.7. The number of anilines is 1. The molecule has 7 heteroatoms. The topological polar surface area (TPSA) is 42.0 Å². The molecule has 1 fully saturated rings. The zero-order chi connectivity index (χ0) is 22.5. The summed E-state index contributed by atoms with van der Waals surface area (Å²) in [7, 11) is 1.53. The third-order valence-electron chi connectivity index (χ3n) is 6.00. The second-order valence-corrected chi connectivity index (χ2v) is 8.37. The maximum atomic E-state index is 13.9. The van der Waals surface area contributed by atoms with Gasteiger partial charge in [0.1, 0.15) is 17.3 Å². The maximum absolute atomic E-state index is 13.9. The van der Waals surface area contributed by atoms with Crippen molar-refractivity contribution in [2.45, 2.75) is 25.1 Å². The number of para-hydroxylation sites is 2. The van der Waals surface area contributed by atoms with Crippen LogP contribution in [-0.4, -0.2) is 28.8 Å². The Morgan fingerprint density at radius 1 is 1.09 bits per heavy atom. The predicted molar refractivity (Wildman–Crippen MR) is 123 cm³/mol. The summed E-state index contributed by atoms with van der Waals surface area (Å²) in [6.07, 6.45) is 0.489. The van der Waals surface area contributed by atoms with E-state index in [1.54, 1.807) is 40.1 Å². The Labute approximate surface area is 191 Å². The largest absolute Gasteiger partial charge is 0.496 e. The molecule has 162 valence electrons. The molecule has 0 aliphatic carbocycles. The first kappa shape index (κ1) is 20.5. The summed E-state index contributed by atoms with van der Waals surface area (Å²) in [5.74, 6) is 0.556. The molecule has 0 spiro atoms. The SMILES string of the molecule is COc1ccccc1C(=O)N1C(=S)N(c2ccc(F)cc2)[C@]2(C)C[C@H]1c1ccccc1O2. The van der Waals surface area contributed by atoms with Gasteiger partial charge in [-0.3, -0.25) is 14.6 Å². The highest BCUT2D eigenvalue weighted by atomic mass is 32.1. The Balaban J connectivity index is 1.68. The van der Waals surface area contributed by atoms with Crippen molar-refractivity contribution in [3.8, 4) is 11.5 Å². The molecule has 0 unspecified atom stereocenters. The van der Waals surface area contributed by atoms with Crippen molar-refractivity contribution in [1.82, 2.24) is 4.90 Å². The van der Waals surface area contributed by atoms with Crippen molar-refractivity contribution >= 4 is 28.9 Å². The van der Waals surface area contributed by atoms with E-state index in [2.05, 4.69) is 0 Å². The van der Waals surface area contributed by atoms with Crippen molar-refractivity contribution in [3.05, 3.63) is 89.7 Å². The van der Waals surface area contributed by atoms with Crippen molar-refractivity contribution < 1.29 is 18.7 Å². The van der Waals surface area contributed by atoms with Gasteiger partial charge in [-0.15, -0.1) is 0 Å². The molecule has 2 heterocycles. The van der Waals surface area contributed by atoms with Crippen LogP contribution in [0, 0.1) is 5.82 Å². The number of benzene rings is 3. The van der Waals surface area contributed by atoms with Crippen LogP contribution in [0.3, 0.4) is 0 Å². The molecule has 1 amide bonds. The lowest BCUT2D eigenvalue weighted by atomic mass is 9.88. The zero-order valence-electron chi connectivity index (χ0n) is 17.6. The van der Waals surface area contributed by atoms with Crippen molar-refractivity contribution in [3.63, 3.8) is 0 Å². The number of halogens is 1. The Kier molecular flexibility index (Phi) is 4.86. The summed E-state index contributed by atoms with van der Waals surface area (Å²) < 4.78 is 25.5. The van der Waals surface area contributed by atoms with Gasteiger partial charge in [-0.1, -0.05) is 30.3 Å². The van der Waals surface area contributed by atoms with Crippen LogP contribution in [0.15, 0.2) is 72.8 Å². The summed E-state index contributed by atoms with van der Waals surface area (Å²) in [6.45, 7) is 1.94. The number of nitrogens with zero attached hydrogens (tertiary/aromatic N) is 2. The number of carbonyl (C=O) groups is 1. The summed E-state index contributed by atoms with van der Waals surface area (Å²) in [4.78, 5) is 17.3. The molecule has 5 nitrogen and oxygen atoms in total. The fraction of sp³-hybridized carbons (Fsp3) is 0.200. The van der Waals surface area contributed by atoms with Crippen LogP contribution in [0.5, 0.6) is 11.5 Å². The summed E-state index contributed by atoms with van der Waals surface area (Å²) in [5.41, 5.74) is 1.12. The van der Waals surface area contributed by atoms with Gasteiger partial charge in [-0.25, -0.2) is 4.39 Å². The lowest BCUT2D eigenvalue weighted by Gasteiger charge is -2.55. The smallest absolute Gasteiger partial charge is 0.264 e. The van der Waals surface area contributed by atoms with Gasteiger partial charge in [0.05, 0.1) is 18.7 Å². The molecule has 0 saturated carbocycles.